The van der Waals surface area contributed by atoms with E-state index in [4.69, 9.17) is 21.3 Å². The lowest BCUT2D eigenvalue weighted by atomic mass is 9.74. The normalized spacial score (nSPS) is 22.8. The Bertz CT molecular complexity index is 722. The number of nitrogens with one attached hydrogen (secondary N) is 2. The Kier molecular flexibility index (Phi) is 7.87. The van der Waals surface area contributed by atoms with E-state index in [1.807, 2.05) is 25.1 Å². The van der Waals surface area contributed by atoms with Gasteiger partial charge in [0.1, 0.15) is 0 Å². The maximum absolute atomic E-state index is 12.7. The highest BCUT2D eigenvalue weighted by Crippen LogP contribution is 2.38. The Morgan fingerprint density at radius 1 is 1.30 bits per heavy atom. The monoisotopic (exact) mass is 446 g/mol. The second-order valence-corrected chi connectivity index (χ2v) is 8.46. The van der Waals surface area contributed by atoms with Crippen molar-refractivity contribution in [1.82, 2.24) is 15.5 Å². The highest BCUT2D eigenvalue weighted by molar-refractivity contribution is 6.31. The van der Waals surface area contributed by atoms with Gasteiger partial charge in [0.2, 0.25) is 0 Å². The van der Waals surface area contributed by atoms with Crippen LogP contribution in [0.25, 0.3) is 0 Å². The maximum atomic E-state index is 12.7. The van der Waals surface area contributed by atoms with Gasteiger partial charge in [0, 0.05) is 49.3 Å². The number of guanidine groups is 1. The summed E-state index contributed by atoms with van der Waals surface area (Å²) < 4.78 is 43.6. The fraction of sp³-hybridized carbons (Fsp3) is 0.667. The van der Waals surface area contributed by atoms with Crippen molar-refractivity contribution in [1.29, 1.82) is 0 Å². The van der Waals surface area contributed by atoms with Crippen LogP contribution in [0.1, 0.15) is 31.7 Å². The van der Waals surface area contributed by atoms with Gasteiger partial charge in [-0.05, 0) is 37.8 Å². The lowest BCUT2D eigenvalue weighted by Gasteiger charge is -2.37. The van der Waals surface area contributed by atoms with E-state index in [2.05, 4.69) is 16.7 Å². The molecule has 1 aromatic carbocycles. The highest BCUT2D eigenvalue weighted by atomic mass is 35.5. The van der Waals surface area contributed by atoms with Crippen molar-refractivity contribution in [2.75, 3.05) is 45.9 Å². The van der Waals surface area contributed by atoms with Crippen LogP contribution >= 0.6 is 11.6 Å². The lowest BCUT2D eigenvalue weighted by Crippen LogP contribution is -2.46. The molecule has 0 bridgehead atoms. The van der Waals surface area contributed by atoms with Gasteiger partial charge in [-0.1, -0.05) is 29.8 Å². The summed E-state index contributed by atoms with van der Waals surface area (Å²) in [6.07, 6.45) is -1.87. The SMILES string of the molecule is CCNC(=NCC1(c2ccccc2Cl)CCOCC1)NC1CCN(CC(F)(F)F)C1. The molecule has 0 saturated carbocycles. The molecule has 1 unspecified atom stereocenters. The molecule has 1 atom stereocenters. The molecule has 0 amide bonds. The van der Waals surface area contributed by atoms with Gasteiger partial charge in [0.25, 0.3) is 0 Å². The van der Waals surface area contributed by atoms with E-state index < -0.39 is 12.7 Å². The lowest BCUT2D eigenvalue weighted by molar-refractivity contribution is -0.143. The Hall–Kier alpha value is -1.51. The average molecular weight is 447 g/mol. The molecular weight excluding hydrogens is 417 g/mol. The average Bonchev–Trinajstić information content (AvgIpc) is 3.12. The van der Waals surface area contributed by atoms with Gasteiger partial charge < -0.3 is 15.4 Å². The number of hydrogen-bond donors (Lipinski definition) is 2. The smallest absolute Gasteiger partial charge is 0.381 e. The number of likely N-dealkylation sites (tertiary alicyclic amines) is 1. The number of hydrogen-bond acceptors (Lipinski definition) is 3. The number of ether oxygens (including phenoxy) is 1. The molecule has 0 radical (unpaired) electrons. The topological polar surface area (TPSA) is 48.9 Å². The third-order valence-electron chi connectivity index (χ3n) is 5.80. The van der Waals surface area contributed by atoms with Crippen LogP contribution in [0.2, 0.25) is 5.02 Å². The van der Waals surface area contributed by atoms with Crippen LogP contribution < -0.4 is 10.6 Å². The molecule has 2 N–H and O–H groups in total. The number of benzene rings is 1. The van der Waals surface area contributed by atoms with Crippen molar-refractivity contribution in [3.05, 3.63) is 34.9 Å². The summed E-state index contributed by atoms with van der Waals surface area (Å²) in [5.74, 6) is 0.634. The molecule has 2 saturated heterocycles. The predicted molar refractivity (Wildman–Crippen MR) is 113 cm³/mol. The minimum atomic E-state index is -4.17. The number of nitrogens with zero attached hydrogens (tertiary/aromatic N) is 2. The zero-order valence-electron chi connectivity index (χ0n) is 17.3. The Morgan fingerprint density at radius 2 is 2.03 bits per heavy atom. The molecule has 30 heavy (non-hydrogen) atoms. The van der Waals surface area contributed by atoms with Crippen LogP contribution in [-0.4, -0.2) is 69.0 Å². The molecular formula is C21H30ClF3N4O. The second kappa shape index (κ2) is 10.2. The van der Waals surface area contributed by atoms with Gasteiger partial charge in [0.05, 0.1) is 13.1 Å². The first-order valence-electron chi connectivity index (χ1n) is 10.5. The molecule has 5 nitrogen and oxygen atoms in total. The summed E-state index contributed by atoms with van der Waals surface area (Å²) in [6.45, 7) is 4.40. The van der Waals surface area contributed by atoms with E-state index in [0.717, 1.165) is 23.4 Å². The van der Waals surface area contributed by atoms with Crippen LogP contribution in [0.5, 0.6) is 0 Å². The van der Waals surface area contributed by atoms with E-state index in [0.29, 0.717) is 51.8 Å². The summed E-state index contributed by atoms with van der Waals surface area (Å²) in [6, 6.07) is 7.79. The van der Waals surface area contributed by atoms with Crippen molar-refractivity contribution in [2.24, 2.45) is 4.99 Å². The molecule has 3 rings (SSSR count). The van der Waals surface area contributed by atoms with E-state index in [1.165, 1.54) is 4.90 Å². The quantitative estimate of drug-likeness (QED) is 0.518. The molecule has 2 aliphatic rings. The fourth-order valence-corrected chi connectivity index (χ4v) is 4.59. The van der Waals surface area contributed by atoms with E-state index >= 15 is 0 Å². The van der Waals surface area contributed by atoms with Crippen molar-refractivity contribution in [3.63, 3.8) is 0 Å². The Morgan fingerprint density at radius 3 is 2.70 bits per heavy atom. The van der Waals surface area contributed by atoms with E-state index in [9.17, 15) is 13.2 Å². The first kappa shape index (κ1) is 23.2. The third kappa shape index (κ3) is 6.25. The minimum absolute atomic E-state index is 0.0592. The molecule has 2 aliphatic heterocycles. The molecule has 2 heterocycles. The predicted octanol–water partition coefficient (Wildman–Crippen LogP) is 3.58. The second-order valence-electron chi connectivity index (χ2n) is 8.05. The Balaban J connectivity index is 1.70. The standard InChI is InChI=1S/C21H30ClF3N4O/c1-2-26-19(28-16-7-10-29(13-16)15-21(23,24)25)27-14-20(8-11-30-12-9-20)17-5-3-4-6-18(17)22/h3-6,16H,2,7-15H2,1H3,(H2,26,27,28). The first-order chi connectivity index (χ1) is 14.3. The Labute approximate surface area is 181 Å². The maximum Gasteiger partial charge on any atom is 0.401 e. The summed E-state index contributed by atoms with van der Waals surface area (Å²) >= 11 is 6.51. The summed E-state index contributed by atoms with van der Waals surface area (Å²) in [4.78, 5) is 6.26. The molecule has 0 spiro atoms. The summed E-state index contributed by atoms with van der Waals surface area (Å²) in [7, 11) is 0. The van der Waals surface area contributed by atoms with Gasteiger partial charge in [-0.3, -0.25) is 9.89 Å². The largest absolute Gasteiger partial charge is 0.401 e. The van der Waals surface area contributed by atoms with Crippen molar-refractivity contribution in [2.45, 2.75) is 43.8 Å². The van der Waals surface area contributed by atoms with E-state index in [-0.39, 0.29) is 11.5 Å². The molecule has 9 heteroatoms. The number of alkyl halides is 3. The molecule has 168 valence electrons. The molecule has 0 aromatic heterocycles. The van der Waals surface area contributed by atoms with Crippen LogP contribution in [0, 0.1) is 0 Å². The number of rotatable bonds is 6. The zero-order valence-corrected chi connectivity index (χ0v) is 18.0. The van der Waals surface area contributed by atoms with Crippen LogP contribution in [0.3, 0.4) is 0 Å². The highest BCUT2D eigenvalue weighted by Gasteiger charge is 2.37. The van der Waals surface area contributed by atoms with Crippen molar-refractivity contribution < 1.29 is 17.9 Å². The van der Waals surface area contributed by atoms with Crippen LogP contribution in [0.4, 0.5) is 13.2 Å². The van der Waals surface area contributed by atoms with Crippen LogP contribution in [-0.2, 0) is 10.2 Å². The molecule has 0 aliphatic carbocycles. The van der Waals surface area contributed by atoms with Crippen molar-refractivity contribution in [3.8, 4) is 0 Å². The minimum Gasteiger partial charge on any atom is -0.381 e. The van der Waals surface area contributed by atoms with E-state index in [1.54, 1.807) is 0 Å². The summed E-state index contributed by atoms with van der Waals surface area (Å²) in [5.41, 5.74) is 0.864. The number of aliphatic imine (C=N–C) groups is 1. The molecule has 1 aromatic rings. The van der Waals surface area contributed by atoms with Crippen LogP contribution in [0.15, 0.2) is 29.3 Å². The van der Waals surface area contributed by atoms with Gasteiger partial charge in [0.15, 0.2) is 5.96 Å². The number of halogens is 4. The fourth-order valence-electron chi connectivity index (χ4n) is 4.26. The molecule has 2 fully saturated rings. The summed E-state index contributed by atoms with van der Waals surface area (Å²) in [5, 5.41) is 7.28. The first-order valence-corrected chi connectivity index (χ1v) is 10.9. The van der Waals surface area contributed by atoms with Crippen molar-refractivity contribution >= 4 is 17.6 Å². The van der Waals surface area contributed by atoms with Gasteiger partial charge in [-0.2, -0.15) is 13.2 Å². The zero-order chi connectivity index (χ0) is 21.6. The van der Waals surface area contributed by atoms with Gasteiger partial charge in [-0.25, -0.2) is 0 Å². The third-order valence-corrected chi connectivity index (χ3v) is 6.12. The van der Waals surface area contributed by atoms with Gasteiger partial charge in [-0.15, -0.1) is 0 Å². The van der Waals surface area contributed by atoms with Gasteiger partial charge >= 0.3 is 6.18 Å².